The Balaban J connectivity index is 3.02. The number of hydrogen-bond donors (Lipinski definition) is 0. The number of hydrogen-bond acceptors (Lipinski definition) is 2. The van der Waals surface area contributed by atoms with Gasteiger partial charge in [-0.1, -0.05) is 19.6 Å². The van der Waals surface area contributed by atoms with Gasteiger partial charge in [0.2, 0.25) is 0 Å². The molecule has 0 atom stereocenters. The van der Waals surface area contributed by atoms with E-state index in [2.05, 4.69) is 24.6 Å². The summed E-state index contributed by atoms with van der Waals surface area (Å²) in [6.07, 6.45) is 1.96. The highest BCUT2D eigenvalue weighted by atomic mass is 28.3. The van der Waals surface area contributed by atoms with Gasteiger partial charge >= 0.3 is 0 Å². The fourth-order valence-electron chi connectivity index (χ4n) is 1.25. The van der Waals surface area contributed by atoms with Crippen LogP contribution in [0.3, 0.4) is 0 Å². The first-order valence-electron chi connectivity index (χ1n) is 4.17. The first-order chi connectivity index (χ1) is 5.41. The van der Waals surface area contributed by atoms with Gasteiger partial charge in [-0.3, -0.25) is 9.79 Å². The minimum Gasteiger partial charge on any atom is -0.293 e. The Bertz CT molecular complexity index is 271. The van der Waals surface area contributed by atoms with Crippen LogP contribution in [0.4, 0.5) is 0 Å². The highest BCUT2D eigenvalue weighted by molar-refractivity contribution is 6.87. The van der Waals surface area contributed by atoms with E-state index in [-0.39, 0.29) is 5.78 Å². The molecule has 0 saturated carbocycles. The quantitative estimate of drug-likeness (QED) is 0.567. The van der Waals surface area contributed by atoms with Gasteiger partial charge in [-0.05, 0) is 18.2 Å². The molecule has 3 heteroatoms. The van der Waals surface area contributed by atoms with Crippen molar-refractivity contribution in [3.63, 3.8) is 0 Å². The predicted octanol–water partition coefficient (Wildman–Crippen LogP) is 1.83. The Labute approximate surface area is 74.4 Å². The molecule has 0 aliphatic carbocycles. The molecule has 12 heavy (non-hydrogen) atoms. The smallest absolute Gasteiger partial charge is 0.176 e. The van der Waals surface area contributed by atoms with E-state index in [0.717, 1.165) is 10.9 Å². The third-order valence-corrected chi connectivity index (χ3v) is 3.97. The molecular formula is C9H15NOSi. The summed E-state index contributed by atoms with van der Waals surface area (Å²) in [4.78, 5) is 15.5. The normalized spacial score (nSPS) is 18.8. The van der Waals surface area contributed by atoms with Crippen molar-refractivity contribution in [2.45, 2.75) is 26.6 Å². The topological polar surface area (TPSA) is 29.4 Å². The number of Topliss-reactive ketones (excluding diaryl/α,β-unsaturated/α-hetero) is 1. The van der Waals surface area contributed by atoms with E-state index in [1.165, 1.54) is 0 Å². The highest BCUT2D eigenvalue weighted by Crippen LogP contribution is 2.18. The van der Waals surface area contributed by atoms with Crippen molar-refractivity contribution in [3.05, 3.63) is 11.3 Å². The zero-order chi connectivity index (χ0) is 9.35. The summed E-state index contributed by atoms with van der Waals surface area (Å²) in [5.74, 6) is 0.222. The van der Waals surface area contributed by atoms with E-state index in [1.54, 1.807) is 0 Å². The van der Waals surface area contributed by atoms with Gasteiger partial charge in [0.05, 0.1) is 8.07 Å². The van der Waals surface area contributed by atoms with E-state index in [4.69, 9.17) is 0 Å². The Hall–Kier alpha value is -0.703. The van der Waals surface area contributed by atoms with Crippen LogP contribution in [0.1, 0.15) is 6.92 Å². The highest BCUT2D eigenvalue weighted by Gasteiger charge is 2.26. The van der Waals surface area contributed by atoms with Gasteiger partial charge in [0.1, 0.15) is 6.54 Å². The monoisotopic (exact) mass is 181 g/mol. The van der Waals surface area contributed by atoms with E-state index >= 15 is 0 Å². The van der Waals surface area contributed by atoms with Crippen molar-refractivity contribution >= 4 is 19.6 Å². The van der Waals surface area contributed by atoms with Crippen LogP contribution in [0.15, 0.2) is 16.3 Å². The van der Waals surface area contributed by atoms with Crippen molar-refractivity contribution in [1.29, 1.82) is 0 Å². The van der Waals surface area contributed by atoms with E-state index in [1.807, 2.05) is 13.0 Å². The molecule has 0 saturated heterocycles. The van der Waals surface area contributed by atoms with Gasteiger partial charge in [-0.15, -0.1) is 0 Å². The minimum absolute atomic E-state index is 0.222. The van der Waals surface area contributed by atoms with Crippen LogP contribution < -0.4 is 0 Å². The van der Waals surface area contributed by atoms with Crippen LogP contribution in [0.25, 0.3) is 0 Å². The first-order valence-corrected chi connectivity index (χ1v) is 7.67. The molecule has 0 aromatic heterocycles. The molecule has 66 valence electrons. The minimum atomic E-state index is -1.43. The maximum atomic E-state index is 11.4. The average Bonchev–Trinajstić information content (AvgIpc) is 1.92. The number of ketones is 1. The number of nitrogens with zero attached hydrogens (tertiary/aromatic N) is 1. The lowest BCUT2D eigenvalue weighted by atomic mass is 10.2. The molecule has 0 spiro atoms. The van der Waals surface area contributed by atoms with Crippen LogP contribution in [0.2, 0.25) is 19.6 Å². The van der Waals surface area contributed by atoms with Crippen molar-refractivity contribution < 1.29 is 4.79 Å². The van der Waals surface area contributed by atoms with Crippen LogP contribution in [-0.2, 0) is 4.79 Å². The molecule has 1 rings (SSSR count). The number of carbonyl (C=O) groups excluding carboxylic acids is 1. The largest absolute Gasteiger partial charge is 0.293 e. The van der Waals surface area contributed by atoms with Gasteiger partial charge in [-0.2, -0.15) is 0 Å². The van der Waals surface area contributed by atoms with Crippen molar-refractivity contribution in [2.24, 2.45) is 4.99 Å². The van der Waals surface area contributed by atoms with Crippen molar-refractivity contribution in [2.75, 3.05) is 6.54 Å². The molecule has 1 aliphatic rings. The van der Waals surface area contributed by atoms with Crippen molar-refractivity contribution in [1.82, 2.24) is 0 Å². The number of aliphatic imine (C=N–C) groups is 1. The second-order valence-electron chi connectivity index (χ2n) is 4.19. The van der Waals surface area contributed by atoms with Gasteiger partial charge in [0.15, 0.2) is 5.78 Å². The molecule has 1 heterocycles. The average molecular weight is 181 g/mol. The first kappa shape index (κ1) is 9.39. The second kappa shape index (κ2) is 2.97. The summed E-state index contributed by atoms with van der Waals surface area (Å²) in [5.41, 5.74) is 0.993. The molecule has 0 fully saturated rings. The van der Waals surface area contributed by atoms with Crippen molar-refractivity contribution in [3.8, 4) is 0 Å². The molecule has 0 unspecified atom stereocenters. The zero-order valence-corrected chi connectivity index (χ0v) is 9.14. The standard InChI is InChI=1S/C9H15NOSi/c1-7-5-9(12(2,3)4)8(11)6-10-7/h5H,6H2,1-4H3. The molecule has 0 N–H and O–H groups in total. The second-order valence-corrected chi connectivity index (χ2v) is 9.23. The van der Waals surface area contributed by atoms with E-state index in [0.29, 0.717) is 6.54 Å². The van der Waals surface area contributed by atoms with Crippen LogP contribution in [-0.4, -0.2) is 26.1 Å². The molecule has 0 amide bonds. The third-order valence-electron chi connectivity index (χ3n) is 1.93. The summed E-state index contributed by atoms with van der Waals surface area (Å²) >= 11 is 0. The number of dihydropyridines is 1. The Morgan fingerprint density at radius 3 is 2.42 bits per heavy atom. The Morgan fingerprint density at radius 1 is 1.42 bits per heavy atom. The molecule has 0 radical (unpaired) electrons. The third kappa shape index (κ3) is 1.91. The SMILES string of the molecule is CC1=NCC(=O)C([Si](C)(C)C)=C1. The van der Waals surface area contributed by atoms with Gasteiger partial charge in [0, 0.05) is 5.71 Å². The number of rotatable bonds is 1. The maximum Gasteiger partial charge on any atom is 0.176 e. The summed E-state index contributed by atoms with van der Waals surface area (Å²) in [7, 11) is -1.43. The summed E-state index contributed by atoms with van der Waals surface area (Å²) < 4.78 is 0. The fourth-order valence-corrected chi connectivity index (χ4v) is 2.81. The lowest BCUT2D eigenvalue weighted by molar-refractivity contribution is -0.113. The van der Waals surface area contributed by atoms with Gasteiger partial charge in [0.25, 0.3) is 0 Å². The number of allylic oxidation sites excluding steroid dienone is 1. The molecular weight excluding hydrogens is 166 g/mol. The lowest BCUT2D eigenvalue weighted by Crippen LogP contribution is -2.33. The van der Waals surface area contributed by atoms with E-state index < -0.39 is 8.07 Å². The molecule has 0 bridgehead atoms. The van der Waals surface area contributed by atoms with Crippen LogP contribution in [0, 0.1) is 0 Å². The maximum absolute atomic E-state index is 11.4. The summed E-state index contributed by atoms with van der Waals surface area (Å²) in [6.45, 7) is 8.88. The molecule has 1 aliphatic heterocycles. The van der Waals surface area contributed by atoms with Crippen LogP contribution in [0.5, 0.6) is 0 Å². The molecule has 0 aromatic carbocycles. The van der Waals surface area contributed by atoms with Gasteiger partial charge in [-0.25, -0.2) is 0 Å². The Morgan fingerprint density at radius 2 is 2.00 bits per heavy atom. The van der Waals surface area contributed by atoms with E-state index in [9.17, 15) is 4.79 Å². The summed E-state index contributed by atoms with van der Waals surface area (Å²) in [5, 5.41) is 1.04. The lowest BCUT2D eigenvalue weighted by Gasteiger charge is -2.21. The summed E-state index contributed by atoms with van der Waals surface area (Å²) in [6, 6.07) is 0. The molecule has 2 nitrogen and oxygen atoms in total. The zero-order valence-electron chi connectivity index (χ0n) is 8.14. The predicted molar refractivity (Wildman–Crippen MR) is 54.4 cm³/mol. The number of carbonyl (C=O) groups is 1. The Kier molecular flexibility index (Phi) is 2.33. The van der Waals surface area contributed by atoms with Crippen LogP contribution >= 0.6 is 0 Å². The fraction of sp³-hybridized carbons (Fsp3) is 0.556. The molecule has 0 aromatic rings. The van der Waals surface area contributed by atoms with Gasteiger partial charge < -0.3 is 0 Å².